The summed E-state index contributed by atoms with van der Waals surface area (Å²) in [4.78, 5) is 16.6. The van der Waals surface area contributed by atoms with Gasteiger partial charge in [-0.15, -0.1) is 0 Å². The number of aromatic nitrogens is 2. The van der Waals surface area contributed by atoms with E-state index in [9.17, 15) is 0 Å². The molecule has 7 aromatic rings. The van der Waals surface area contributed by atoms with E-state index in [0.717, 1.165) is 45.5 Å². The molecule has 0 fully saturated rings. The zero-order chi connectivity index (χ0) is 36.1. The molecule has 2 aliphatic heterocycles. The van der Waals surface area contributed by atoms with Gasteiger partial charge in [-0.2, -0.15) is 0 Å². The Kier molecular flexibility index (Phi) is 8.26. The molecule has 0 aliphatic carbocycles. The predicted octanol–water partition coefficient (Wildman–Crippen LogP) is 10.2. The van der Waals surface area contributed by atoms with Crippen molar-refractivity contribution in [2.75, 3.05) is 21.4 Å². The van der Waals surface area contributed by atoms with Gasteiger partial charge in [0.1, 0.15) is 0 Å². The van der Waals surface area contributed by atoms with Crippen LogP contribution in [0, 0.1) is 6.92 Å². The minimum atomic E-state index is 0.0117. The molecule has 0 unspecified atom stereocenters. The Labute approximate surface area is 317 Å². The number of pyridine rings is 2. The van der Waals surface area contributed by atoms with E-state index >= 15 is 0 Å². The number of nitrogens with zero attached hydrogens (tertiary/aromatic N) is 5. The van der Waals surface area contributed by atoms with Crippen LogP contribution in [-0.2, 0) is 5.41 Å². The molecule has 9 rings (SSSR count). The first-order valence-corrected chi connectivity index (χ1v) is 19.6. The third-order valence-electron chi connectivity index (χ3n) is 9.92. The third-order valence-corrected chi connectivity index (χ3v) is 12.2. The molecule has 0 bridgehead atoms. The fourth-order valence-corrected chi connectivity index (χ4v) is 9.48. The molecule has 260 valence electrons. The zero-order valence-corrected chi connectivity index (χ0v) is 31.9. The predicted molar refractivity (Wildman–Crippen MR) is 219 cm³/mol. The summed E-state index contributed by atoms with van der Waals surface area (Å²) in [5, 5.41) is 0. The Morgan fingerprint density at radius 1 is 0.623 bits per heavy atom. The summed E-state index contributed by atoms with van der Waals surface area (Å²) in [6, 6.07) is 47.0. The number of fused-ring (bicyclic) bond motifs is 3. The quantitative estimate of drug-likeness (QED) is 0.158. The maximum absolute atomic E-state index is 6.69. The Morgan fingerprint density at radius 3 is 2.15 bits per heavy atom. The van der Waals surface area contributed by atoms with E-state index in [1.807, 2.05) is 30.7 Å². The first kappa shape index (κ1) is 33.0. The van der Waals surface area contributed by atoms with Crippen molar-refractivity contribution in [2.24, 2.45) is 0 Å². The molecular formula is C46H39N5OSe. The second kappa shape index (κ2) is 13.3. The summed E-state index contributed by atoms with van der Waals surface area (Å²) in [5.74, 6) is 2.43. The van der Waals surface area contributed by atoms with E-state index in [-0.39, 0.29) is 20.4 Å². The second-order valence-electron chi connectivity index (χ2n) is 14.5. The Bertz CT molecular complexity index is 2480. The van der Waals surface area contributed by atoms with Crippen LogP contribution in [0.25, 0.3) is 11.1 Å². The number of ether oxygens (including phenoxy) is 1. The Hall–Kier alpha value is -5.88. The van der Waals surface area contributed by atoms with Crippen molar-refractivity contribution in [3.63, 3.8) is 0 Å². The summed E-state index contributed by atoms with van der Waals surface area (Å²) in [6.07, 6.45) is 5.85. The van der Waals surface area contributed by atoms with Gasteiger partial charge in [0.05, 0.1) is 0 Å². The van der Waals surface area contributed by atoms with Crippen LogP contribution in [0.2, 0.25) is 0 Å². The molecule has 0 atom stereocenters. The van der Waals surface area contributed by atoms with E-state index in [4.69, 9.17) is 9.72 Å². The second-order valence-corrected chi connectivity index (χ2v) is 16.8. The van der Waals surface area contributed by atoms with Crippen molar-refractivity contribution in [1.82, 2.24) is 9.97 Å². The number of aryl methyl sites for hydroxylation is 1. The Balaban J connectivity index is 1.04. The van der Waals surface area contributed by atoms with Gasteiger partial charge in [0.2, 0.25) is 0 Å². The van der Waals surface area contributed by atoms with E-state index in [0.29, 0.717) is 6.67 Å². The van der Waals surface area contributed by atoms with Gasteiger partial charge in [0.25, 0.3) is 0 Å². The van der Waals surface area contributed by atoms with E-state index in [1.54, 1.807) is 0 Å². The van der Waals surface area contributed by atoms with Gasteiger partial charge >= 0.3 is 257 Å². The molecular weight excluding hydrogens is 717 g/mol. The van der Waals surface area contributed by atoms with Crippen molar-refractivity contribution in [3.05, 3.63) is 163 Å². The third kappa shape index (κ3) is 6.12. The summed E-state index contributed by atoms with van der Waals surface area (Å²) >= 11 is 0.0908. The van der Waals surface area contributed by atoms with Crippen LogP contribution in [0.15, 0.2) is 152 Å². The van der Waals surface area contributed by atoms with Gasteiger partial charge in [-0.05, 0) is 17.0 Å². The summed E-state index contributed by atoms with van der Waals surface area (Å²) in [7, 11) is 0. The van der Waals surface area contributed by atoms with Crippen LogP contribution in [0.1, 0.15) is 31.9 Å². The number of rotatable bonds is 6. The van der Waals surface area contributed by atoms with Gasteiger partial charge in [0, 0.05) is 0 Å². The molecule has 2 aromatic heterocycles. The number of benzene rings is 5. The molecule has 0 amide bonds. The Morgan fingerprint density at radius 2 is 1.36 bits per heavy atom. The minimum absolute atomic E-state index is 0.0117. The molecule has 53 heavy (non-hydrogen) atoms. The topological polar surface area (TPSA) is 44.7 Å². The van der Waals surface area contributed by atoms with Crippen LogP contribution in [0.4, 0.5) is 39.9 Å². The van der Waals surface area contributed by atoms with Gasteiger partial charge in [-0.3, -0.25) is 0 Å². The van der Waals surface area contributed by atoms with Crippen molar-refractivity contribution < 1.29 is 4.74 Å². The van der Waals surface area contributed by atoms with Crippen molar-refractivity contribution in [1.29, 1.82) is 0 Å². The zero-order valence-electron chi connectivity index (χ0n) is 30.2. The number of hydrogen-bond acceptors (Lipinski definition) is 6. The molecule has 0 N–H and O–H groups in total. The molecule has 6 nitrogen and oxygen atoms in total. The van der Waals surface area contributed by atoms with E-state index < -0.39 is 0 Å². The summed E-state index contributed by atoms with van der Waals surface area (Å²) < 4.78 is 9.17. The molecule has 7 heteroatoms. The first-order chi connectivity index (χ1) is 25.8. The summed E-state index contributed by atoms with van der Waals surface area (Å²) in [6.45, 7) is 9.70. The van der Waals surface area contributed by atoms with Gasteiger partial charge in [0.15, 0.2) is 0 Å². The van der Waals surface area contributed by atoms with Crippen LogP contribution < -0.4 is 28.4 Å². The fraction of sp³-hybridized carbons (Fsp3) is 0.130. The van der Waals surface area contributed by atoms with Crippen molar-refractivity contribution >= 4 is 63.8 Å². The van der Waals surface area contributed by atoms with Gasteiger partial charge in [-0.25, -0.2) is 0 Å². The summed E-state index contributed by atoms with van der Waals surface area (Å²) in [5.41, 5.74) is 11.7. The average molecular weight is 757 g/mol. The molecule has 2 aliphatic rings. The standard InChI is InChI=1S/C46H39N5OSe/c1-31-25-45(48-28-36(31)32-13-6-5-7-14-32)51-41-23-24-47-29-44(41)53-43-22-21-35(27-42(43)51)52-34-16-12-15-33(26-34)49-30-50(40-20-11-10-19-39(40)49)38-18-9-8-17-37(38)46(2,3)4/h5-29H,30H2,1-4H3. The van der Waals surface area contributed by atoms with E-state index in [2.05, 4.69) is 169 Å². The monoisotopic (exact) mass is 757 g/mol. The first-order valence-electron chi connectivity index (χ1n) is 17.9. The van der Waals surface area contributed by atoms with Crippen molar-refractivity contribution in [3.8, 4) is 22.6 Å². The number of anilines is 7. The van der Waals surface area contributed by atoms with E-state index in [1.165, 1.54) is 37.1 Å². The van der Waals surface area contributed by atoms with Gasteiger partial charge < -0.3 is 0 Å². The molecule has 0 saturated carbocycles. The number of hydrogen-bond donors (Lipinski definition) is 0. The van der Waals surface area contributed by atoms with Gasteiger partial charge in [-0.1, -0.05) is 45.0 Å². The maximum atomic E-state index is 6.69. The average Bonchev–Trinajstić information content (AvgIpc) is 3.57. The van der Waals surface area contributed by atoms with Crippen LogP contribution in [0.5, 0.6) is 11.5 Å². The van der Waals surface area contributed by atoms with Crippen LogP contribution in [-0.4, -0.2) is 31.6 Å². The molecule has 4 heterocycles. The molecule has 0 radical (unpaired) electrons. The molecule has 0 saturated heterocycles. The van der Waals surface area contributed by atoms with Crippen LogP contribution >= 0.6 is 0 Å². The normalized spacial score (nSPS) is 13.4. The van der Waals surface area contributed by atoms with Crippen LogP contribution in [0.3, 0.4) is 0 Å². The fourth-order valence-electron chi connectivity index (χ4n) is 7.37. The SMILES string of the molecule is Cc1cc(N2c3ccncc3[Se]c3ccc(Oc4cccc(N5CN(c6ccccc6C(C)(C)C)c6ccccc65)c4)cc32)ncc1-c1ccccc1. The number of para-hydroxylation sites is 3. The molecule has 5 aromatic carbocycles. The van der Waals surface area contributed by atoms with Crippen molar-refractivity contribution in [2.45, 2.75) is 33.1 Å². The molecule has 0 spiro atoms.